The number of anilines is 2. The van der Waals surface area contributed by atoms with Crippen LogP contribution in [-0.2, 0) is 6.54 Å². The molecule has 0 radical (unpaired) electrons. The average Bonchev–Trinajstić information content (AvgIpc) is 2.61. The zero-order chi connectivity index (χ0) is 17.6. The second-order valence-corrected chi connectivity index (χ2v) is 6.46. The maximum Gasteiger partial charge on any atom is 0.276 e. The van der Waals surface area contributed by atoms with E-state index in [1.165, 1.54) is 11.1 Å². The Labute approximate surface area is 154 Å². The lowest BCUT2D eigenvalue weighted by Crippen LogP contribution is -2.15. The van der Waals surface area contributed by atoms with Crippen LogP contribution >= 0.6 is 15.9 Å². The van der Waals surface area contributed by atoms with Crippen molar-refractivity contribution in [2.75, 3.05) is 10.6 Å². The largest absolute Gasteiger partial charge is 0.364 e. The summed E-state index contributed by atoms with van der Waals surface area (Å²) in [5.74, 6) is 0.332. The lowest BCUT2D eigenvalue weighted by molar-refractivity contribution is 0.102. The number of aryl methyl sites for hydroxylation is 1. The van der Waals surface area contributed by atoms with Crippen LogP contribution in [0.1, 0.15) is 21.6 Å². The van der Waals surface area contributed by atoms with Crippen molar-refractivity contribution in [2.24, 2.45) is 0 Å². The van der Waals surface area contributed by atoms with Crippen LogP contribution in [0, 0.1) is 6.92 Å². The van der Waals surface area contributed by atoms with E-state index in [0.717, 1.165) is 4.47 Å². The van der Waals surface area contributed by atoms with Crippen LogP contribution in [0.4, 0.5) is 11.5 Å². The number of nitrogens with one attached hydrogen (secondary N) is 2. The number of rotatable bonds is 5. The molecule has 1 heterocycles. The molecule has 1 amide bonds. The molecule has 0 fully saturated rings. The Morgan fingerprint density at radius 2 is 1.88 bits per heavy atom. The highest BCUT2D eigenvalue weighted by molar-refractivity contribution is 9.10. The van der Waals surface area contributed by atoms with Crippen molar-refractivity contribution in [3.8, 4) is 0 Å². The number of nitrogens with zero attached hydrogens (tertiary/aromatic N) is 2. The summed E-state index contributed by atoms with van der Waals surface area (Å²) in [5, 5.41) is 14.1. The SMILES string of the molecule is Cc1ccccc1CNc1ccc(C(=O)Nc2cccc(Br)c2)nn1. The Morgan fingerprint density at radius 3 is 2.60 bits per heavy atom. The molecule has 1 aromatic heterocycles. The van der Waals surface area contributed by atoms with Crippen LogP contribution < -0.4 is 10.6 Å². The van der Waals surface area contributed by atoms with Gasteiger partial charge in [-0.15, -0.1) is 10.2 Å². The Bertz CT molecular complexity index is 881. The number of hydrogen-bond acceptors (Lipinski definition) is 4. The second-order valence-electron chi connectivity index (χ2n) is 5.55. The first-order chi connectivity index (χ1) is 12.1. The van der Waals surface area contributed by atoms with Crippen molar-refractivity contribution in [3.63, 3.8) is 0 Å². The molecular formula is C19H17BrN4O. The van der Waals surface area contributed by atoms with E-state index >= 15 is 0 Å². The van der Waals surface area contributed by atoms with E-state index in [2.05, 4.69) is 55.8 Å². The van der Waals surface area contributed by atoms with Gasteiger partial charge in [-0.25, -0.2) is 0 Å². The Balaban J connectivity index is 1.61. The summed E-state index contributed by atoms with van der Waals surface area (Å²) in [7, 11) is 0. The minimum absolute atomic E-state index is 0.265. The molecular weight excluding hydrogens is 380 g/mol. The first-order valence-electron chi connectivity index (χ1n) is 7.81. The molecule has 6 heteroatoms. The van der Waals surface area contributed by atoms with Gasteiger partial charge in [-0.3, -0.25) is 4.79 Å². The maximum atomic E-state index is 12.2. The van der Waals surface area contributed by atoms with Gasteiger partial charge in [-0.1, -0.05) is 46.3 Å². The van der Waals surface area contributed by atoms with Crippen molar-refractivity contribution >= 4 is 33.3 Å². The molecule has 5 nitrogen and oxygen atoms in total. The zero-order valence-corrected chi connectivity index (χ0v) is 15.2. The van der Waals surface area contributed by atoms with E-state index in [-0.39, 0.29) is 11.6 Å². The van der Waals surface area contributed by atoms with E-state index < -0.39 is 0 Å². The number of amides is 1. The molecule has 2 aromatic carbocycles. The van der Waals surface area contributed by atoms with Gasteiger partial charge in [0, 0.05) is 16.7 Å². The molecule has 2 N–H and O–H groups in total. The summed E-state index contributed by atoms with van der Waals surface area (Å²) in [6.45, 7) is 2.73. The number of hydrogen-bond donors (Lipinski definition) is 2. The van der Waals surface area contributed by atoms with Crippen molar-refractivity contribution in [1.29, 1.82) is 0 Å². The number of benzene rings is 2. The Morgan fingerprint density at radius 1 is 1.04 bits per heavy atom. The van der Waals surface area contributed by atoms with Gasteiger partial charge in [0.15, 0.2) is 5.69 Å². The van der Waals surface area contributed by atoms with Crippen LogP contribution in [0.2, 0.25) is 0 Å². The fraction of sp³-hybridized carbons (Fsp3) is 0.105. The van der Waals surface area contributed by atoms with Crippen molar-refractivity contribution in [1.82, 2.24) is 10.2 Å². The van der Waals surface area contributed by atoms with Gasteiger partial charge in [-0.05, 0) is 48.4 Å². The van der Waals surface area contributed by atoms with Gasteiger partial charge in [0.2, 0.25) is 0 Å². The molecule has 3 aromatic rings. The third kappa shape index (κ3) is 4.64. The van der Waals surface area contributed by atoms with Crippen molar-refractivity contribution in [3.05, 3.63) is 82.0 Å². The molecule has 0 aliphatic carbocycles. The highest BCUT2D eigenvalue weighted by Crippen LogP contribution is 2.16. The summed E-state index contributed by atoms with van der Waals surface area (Å²) in [4.78, 5) is 12.2. The normalized spacial score (nSPS) is 10.3. The van der Waals surface area contributed by atoms with Crippen LogP contribution in [0.25, 0.3) is 0 Å². The van der Waals surface area contributed by atoms with E-state index in [0.29, 0.717) is 18.1 Å². The minimum atomic E-state index is -0.295. The molecule has 0 aliphatic rings. The minimum Gasteiger partial charge on any atom is -0.364 e. The van der Waals surface area contributed by atoms with E-state index in [1.807, 2.05) is 36.4 Å². The molecule has 0 spiro atoms. The van der Waals surface area contributed by atoms with Crippen LogP contribution in [0.3, 0.4) is 0 Å². The molecule has 25 heavy (non-hydrogen) atoms. The fourth-order valence-electron chi connectivity index (χ4n) is 2.30. The van der Waals surface area contributed by atoms with Gasteiger partial charge >= 0.3 is 0 Å². The average molecular weight is 397 g/mol. The number of halogens is 1. The topological polar surface area (TPSA) is 66.9 Å². The van der Waals surface area contributed by atoms with Gasteiger partial charge in [0.1, 0.15) is 5.82 Å². The summed E-state index contributed by atoms with van der Waals surface area (Å²) >= 11 is 3.37. The van der Waals surface area contributed by atoms with Crippen molar-refractivity contribution in [2.45, 2.75) is 13.5 Å². The Hall–Kier alpha value is -2.73. The van der Waals surface area contributed by atoms with Crippen molar-refractivity contribution < 1.29 is 4.79 Å². The molecule has 0 saturated carbocycles. The summed E-state index contributed by atoms with van der Waals surface area (Å²) in [6.07, 6.45) is 0. The molecule has 3 rings (SSSR count). The van der Waals surface area contributed by atoms with E-state index in [1.54, 1.807) is 12.1 Å². The predicted molar refractivity (Wildman–Crippen MR) is 103 cm³/mol. The van der Waals surface area contributed by atoms with Crippen LogP contribution in [0.5, 0.6) is 0 Å². The van der Waals surface area contributed by atoms with Crippen LogP contribution in [-0.4, -0.2) is 16.1 Å². The maximum absolute atomic E-state index is 12.2. The van der Waals surface area contributed by atoms with Gasteiger partial charge in [-0.2, -0.15) is 0 Å². The van der Waals surface area contributed by atoms with Gasteiger partial charge in [0.25, 0.3) is 5.91 Å². The van der Waals surface area contributed by atoms with Gasteiger partial charge < -0.3 is 10.6 Å². The first-order valence-corrected chi connectivity index (χ1v) is 8.60. The summed E-state index contributed by atoms with van der Waals surface area (Å²) < 4.78 is 0.895. The molecule has 0 saturated heterocycles. The second kappa shape index (κ2) is 7.90. The quantitative estimate of drug-likeness (QED) is 0.669. The number of carbonyl (C=O) groups excluding carboxylic acids is 1. The zero-order valence-electron chi connectivity index (χ0n) is 13.7. The number of carbonyl (C=O) groups is 1. The molecule has 0 atom stereocenters. The monoisotopic (exact) mass is 396 g/mol. The fourth-order valence-corrected chi connectivity index (χ4v) is 2.70. The predicted octanol–water partition coefficient (Wildman–Crippen LogP) is 4.41. The standard InChI is InChI=1S/C19H17BrN4O/c1-13-5-2-3-6-14(13)12-21-18-10-9-17(23-24-18)19(25)22-16-8-4-7-15(20)11-16/h2-11H,12H2,1H3,(H,21,24)(H,22,25). The third-order valence-corrected chi connectivity index (χ3v) is 4.19. The molecule has 0 aliphatic heterocycles. The molecule has 0 unspecified atom stereocenters. The first kappa shape index (κ1) is 17.1. The smallest absolute Gasteiger partial charge is 0.276 e. The Kier molecular flexibility index (Phi) is 5.40. The highest BCUT2D eigenvalue weighted by atomic mass is 79.9. The molecule has 0 bridgehead atoms. The summed E-state index contributed by atoms with van der Waals surface area (Å²) in [5.41, 5.74) is 3.37. The van der Waals surface area contributed by atoms with E-state index in [9.17, 15) is 4.79 Å². The molecule has 126 valence electrons. The lowest BCUT2D eigenvalue weighted by atomic mass is 10.1. The summed E-state index contributed by atoms with van der Waals surface area (Å²) in [6, 6.07) is 18.9. The van der Waals surface area contributed by atoms with Gasteiger partial charge in [0.05, 0.1) is 0 Å². The van der Waals surface area contributed by atoms with Crippen LogP contribution in [0.15, 0.2) is 65.1 Å². The van der Waals surface area contributed by atoms with E-state index in [4.69, 9.17) is 0 Å². The third-order valence-electron chi connectivity index (χ3n) is 3.70. The number of aromatic nitrogens is 2. The lowest BCUT2D eigenvalue weighted by Gasteiger charge is -2.08. The highest BCUT2D eigenvalue weighted by Gasteiger charge is 2.09.